The molecule has 2 rings (SSSR count). The highest BCUT2D eigenvalue weighted by molar-refractivity contribution is 5.28. The average Bonchev–Trinajstić information content (AvgIpc) is 2.60. The summed E-state index contributed by atoms with van der Waals surface area (Å²) in [5.41, 5.74) is 0.750. The molecule has 1 aliphatic rings. The van der Waals surface area contributed by atoms with Crippen molar-refractivity contribution in [1.82, 2.24) is 4.90 Å². The highest BCUT2D eigenvalue weighted by Gasteiger charge is 2.20. The lowest BCUT2D eigenvalue weighted by Crippen LogP contribution is -2.23. The summed E-state index contributed by atoms with van der Waals surface area (Å²) in [6.07, 6.45) is 0.507. The van der Waals surface area contributed by atoms with Crippen molar-refractivity contribution >= 4 is 0 Å². The van der Waals surface area contributed by atoms with Crippen molar-refractivity contribution in [3.05, 3.63) is 29.6 Å². The molecule has 0 aromatic heterocycles. The highest BCUT2D eigenvalue weighted by atomic mass is 19.1. The smallest absolute Gasteiger partial charge is 0.127 e. The van der Waals surface area contributed by atoms with Crippen molar-refractivity contribution in [1.29, 1.82) is 0 Å². The number of hydrogen-bond acceptors (Lipinski definition) is 2. The zero-order valence-corrected chi connectivity index (χ0v) is 9.00. The largest absolute Gasteiger partial charge is 0.508 e. The number of hydrogen-bond donors (Lipinski definition) is 1. The van der Waals surface area contributed by atoms with Gasteiger partial charge in [0.25, 0.3) is 0 Å². The Morgan fingerprint density at radius 2 is 2.19 bits per heavy atom. The van der Waals surface area contributed by atoms with Crippen LogP contribution in [0.3, 0.4) is 0 Å². The molecule has 1 N–H and O–H groups in total. The second-order valence-electron chi connectivity index (χ2n) is 4.25. The van der Waals surface area contributed by atoms with Crippen molar-refractivity contribution in [3.63, 3.8) is 0 Å². The number of alkyl halides is 1. The Labute approximate surface area is 93.5 Å². The van der Waals surface area contributed by atoms with Crippen LogP contribution in [0.1, 0.15) is 12.0 Å². The fraction of sp³-hybridized carbons (Fsp3) is 0.500. The van der Waals surface area contributed by atoms with E-state index in [0.29, 0.717) is 25.9 Å². The minimum Gasteiger partial charge on any atom is -0.508 e. The molecule has 1 heterocycles. The number of rotatable bonds is 3. The standard InChI is InChI=1S/C12H15F2NO/c13-10-2-4-15(8-10)3-1-9-5-11(14)7-12(16)6-9/h5-7,10,16H,1-4,8H2. The van der Waals surface area contributed by atoms with Gasteiger partial charge in [-0.2, -0.15) is 0 Å². The molecule has 1 fully saturated rings. The van der Waals surface area contributed by atoms with E-state index in [4.69, 9.17) is 0 Å². The first-order valence-electron chi connectivity index (χ1n) is 5.48. The van der Waals surface area contributed by atoms with Gasteiger partial charge in [0, 0.05) is 25.7 Å². The van der Waals surface area contributed by atoms with Crippen LogP contribution in [0.15, 0.2) is 18.2 Å². The first kappa shape index (κ1) is 11.3. The first-order valence-corrected chi connectivity index (χ1v) is 5.48. The summed E-state index contributed by atoms with van der Waals surface area (Å²) in [6.45, 7) is 1.95. The Morgan fingerprint density at radius 3 is 2.81 bits per heavy atom. The van der Waals surface area contributed by atoms with E-state index < -0.39 is 12.0 Å². The molecule has 1 aromatic carbocycles. The molecule has 0 bridgehead atoms. The quantitative estimate of drug-likeness (QED) is 0.855. The van der Waals surface area contributed by atoms with E-state index in [1.54, 1.807) is 6.07 Å². The summed E-state index contributed by atoms with van der Waals surface area (Å²) in [5.74, 6) is -0.487. The van der Waals surface area contributed by atoms with Gasteiger partial charge in [-0.3, -0.25) is 0 Å². The molecule has 2 nitrogen and oxygen atoms in total. The van der Waals surface area contributed by atoms with Crippen molar-refractivity contribution < 1.29 is 13.9 Å². The van der Waals surface area contributed by atoms with Crippen LogP contribution in [0, 0.1) is 5.82 Å². The summed E-state index contributed by atoms with van der Waals surface area (Å²) in [6, 6.07) is 4.03. The number of nitrogens with zero attached hydrogens (tertiary/aromatic N) is 1. The molecule has 1 aromatic rings. The average molecular weight is 227 g/mol. The number of benzene rings is 1. The SMILES string of the molecule is Oc1cc(F)cc(CCN2CCC(F)C2)c1. The molecule has 1 unspecified atom stereocenters. The topological polar surface area (TPSA) is 23.5 Å². The molecular weight excluding hydrogens is 212 g/mol. The van der Waals surface area contributed by atoms with Gasteiger partial charge in [0.05, 0.1) is 0 Å². The predicted molar refractivity (Wildman–Crippen MR) is 57.7 cm³/mol. The molecule has 0 saturated carbocycles. The summed E-state index contributed by atoms with van der Waals surface area (Å²) in [5, 5.41) is 9.21. The summed E-state index contributed by atoms with van der Waals surface area (Å²) < 4.78 is 25.8. The van der Waals surface area contributed by atoms with Crippen LogP contribution in [0.5, 0.6) is 5.75 Å². The Balaban J connectivity index is 1.89. The first-order chi connectivity index (χ1) is 7.63. The Hall–Kier alpha value is -1.16. The molecule has 88 valence electrons. The zero-order valence-electron chi connectivity index (χ0n) is 9.00. The van der Waals surface area contributed by atoms with Gasteiger partial charge < -0.3 is 10.0 Å². The molecule has 16 heavy (non-hydrogen) atoms. The molecule has 0 radical (unpaired) electrons. The van der Waals surface area contributed by atoms with E-state index in [1.807, 2.05) is 4.90 Å². The second kappa shape index (κ2) is 4.78. The Morgan fingerprint density at radius 1 is 1.38 bits per heavy atom. The predicted octanol–water partition coefficient (Wildman–Crippen LogP) is 2.12. The summed E-state index contributed by atoms with van der Waals surface area (Å²) in [7, 11) is 0. The van der Waals surface area contributed by atoms with E-state index in [0.717, 1.165) is 18.2 Å². The molecule has 0 amide bonds. The fourth-order valence-electron chi connectivity index (χ4n) is 2.05. The molecule has 1 atom stereocenters. The normalized spacial score (nSPS) is 21.5. The van der Waals surface area contributed by atoms with Crippen LogP contribution in [-0.4, -0.2) is 35.8 Å². The lowest BCUT2D eigenvalue weighted by atomic mass is 10.1. The fourth-order valence-corrected chi connectivity index (χ4v) is 2.05. The number of phenols is 1. The van der Waals surface area contributed by atoms with Crippen LogP contribution in [0.2, 0.25) is 0 Å². The summed E-state index contributed by atoms with van der Waals surface area (Å²) >= 11 is 0. The third kappa shape index (κ3) is 2.92. The molecule has 1 aliphatic heterocycles. The molecule has 4 heteroatoms. The van der Waals surface area contributed by atoms with Crippen LogP contribution in [0.4, 0.5) is 8.78 Å². The van der Waals surface area contributed by atoms with Crippen molar-refractivity contribution in [2.45, 2.75) is 19.0 Å². The Bertz CT molecular complexity index is 350. The maximum Gasteiger partial charge on any atom is 0.127 e. The van der Waals surface area contributed by atoms with Crippen LogP contribution < -0.4 is 0 Å². The van der Waals surface area contributed by atoms with E-state index in [1.165, 1.54) is 6.07 Å². The van der Waals surface area contributed by atoms with Gasteiger partial charge in [0.1, 0.15) is 17.7 Å². The van der Waals surface area contributed by atoms with Gasteiger partial charge in [-0.1, -0.05) is 0 Å². The van der Waals surface area contributed by atoms with E-state index in [2.05, 4.69) is 0 Å². The van der Waals surface area contributed by atoms with E-state index in [9.17, 15) is 13.9 Å². The lowest BCUT2D eigenvalue weighted by molar-refractivity contribution is 0.290. The third-order valence-corrected chi connectivity index (χ3v) is 2.87. The highest BCUT2D eigenvalue weighted by Crippen LogP contribution is 2.17. The number of aromatic hydroxyl groups is 1. The molecule has 0 aliphatic carbocycles. The molecule has 0 spiro atoms. The molecular formula is C12H15F2NO. The van der Waals surface area contributed by atoms with Crippen molar-refractivity contribution in [3.8, 4) is 5.75 Å². The minimum atomic E-state index is -0.721. The minimum absolute atomic E-state index is 0.0558. The maximum atomic E-state index is 13.0. The van der Waals surface area contributed by atoms with Crippen LogP contribution in [-0.2, 0) is 6.42 Å². The Kier molecular flexibility index (Phi) is 3.39. The maximum absolute atomic E-state index is 13.0. The monoisotopic (exact) mass is 227 g/mol. The third-order valence-electron chi connectivity index (χ3n) is 2.87. The van der Waals surface area contributed by atoms with E-state index >= 15 is 0 Å². The molecule has 1 saturated heterocycles. The van der Waals surface area contributed by atoms with Gasteiger partial charge in [-0.05, 0) is 30.5 Å². The van der Waals surface area contributed by atoms with Gasteiger partial charge in [0.15, 0.2) is 0 Å². The number of likely N-dealkylation sites (tertiary alicyclic amines) is 1. The van der Waals surface area contributed by atoms with Gasteiger partial charge >= 0.3 is 0 Å². The van der Waals surface area contributed by atoms with Gasteiger partial charge in [-0.15, -0.1) is 0 Å². The lowest BCUT2D eigenvalue weighted by Gasteiger charge is -2.14. The van der Waals surface area contributed by atoms with E-state index in [-0.39, 0.29) is 5.75 Å². The van der Waals surface area contributed by atoms with Crippen LogP contribution >= 0.6 is 0 Å². The second-order valence-corrected chi connectivity index (χ2v) is 4.25. The zero-order chi connectivity index (χ0) is 11.5. The van der Waals surface area contributed by atoms with Crippen molar-refractivity contribution in [2.24, 2.45) is 0 Å². The summed E-state index contributed by atoms with van der Waals surface area (Å²) in [4.78, 5) is 2.02. The van der Waals surface area contributed by atoms with Crippen LogP contribution in [0.25, 0.3) is 0 Å². The number of phenolic OH excluding ortho intramolecular Hbond substituents is 1. The van der Waals surface area contributed by atoms with Crippen molar-refractivity contribution in [2.75, 3.05) is 19.6 Å². The van der Waals surface area contributed by atoms with Gasteiger partial charge in [-0.25, -0.2) is 8.78 Å². The number of halogens is 2. The van der Waals surface area contributed by atoms with Gasteiger partial charge in [0.2, 0.25) is 0 Å².